The van der Waals surface area contributed by atoms with Crippen LogP contribution in [-0.2, 0) is 26.2 Å². The fourth-order valence-corrected chi connectivity index (χ4v) is 5.58. The van der Waals surface area contributed by atoms with E-state index in [-0.39, 0.29) is 23.0 Å². The number of likely N-dealkylation sites (N-methyl/N-ethyl adjacent to an activating group) is 1. The highest BCUT2D eigenvalue weighted by Gasteiger charge is 2.33. The van der Waals surface area contributed by atoms with Crippen molar-refractivity contribution in [3.8, 4) is 5.75 Å². The first kappa shape index (κ1) is 29.0. The number of benzene rings is 3. The monoisotopic (exact) mass is 557 g/mol. The molecule has 0 unspecified atom stereocenters. The second-order valence-corrected chi connectivity index (χ2v) is 11.1. The van der Waals surface area contributed by atoms with Crippen LogP contribution in [0.1, 0.15) is 23.6 Å². The molecular weight excluding hydrogens is 526 g/mol. The molecule has 1 atom stereocenters. The van der Waals surface area contributed by atoms with Crippen LogP contribution in [0.15, 0.2) is 71.6 Å². The third kappa shape index (κ3) is 6.46. The van der Waals surface area contributed by atoms with E-state index in [1.165, 1.54) is 24.1 Å². The van der Waals surface area contributed by atoms with Gasteiger partial charge in [-0.05, 0) is 68.3 Å². The molecule has 0 bridgehead atoms. The lowest BCUT2D eigenvalue weighted by Crippen LogP contribution is -2.50. The smallest absolute Gasteiger partial charge is 0.264 e. The first-order valence-corrected chi connectivity index (χ1v) is 13.8. The Morgan fingerprint density at radius 1 is 1.00 bits per heavy atom. The highest BCUT2D eigenvalue weighted by molar-refractivity contribution is 7.92. The number of nitrogens with zero attached hydrogens (tertiary/aromatic N) is 2. The molecule has 0 spiro atoms. The molecule has 0 heterocycles. The molecule has 0 radical (unpaired) electrons. The van der Waals surface area contributed by atoms with E-state index in [0.717, 1.165) is 15.4 Å². The summed E-state index contributed by atoms with van der Waals surface area (Å²) in [6.07, 6.45) is 0. The molecule has 0 aliphatic heterocycles. The zero-order chi connectivity index (χ0) is 28.0. The van der Waals surface area contributed by atoms with Crippen LogP contribution in [-0.4, -0.2) is 51.9 Å². The summed E-state index contributed by atoms with van der Waals surface area (Å²) in [7, 11) is -1.12. The second kappa shape index (κ2) is 12.3. The number of hydrogen-bond acceptors (Lipinski definition) is 5. The average molecular weight is 558 g/mol. The van der Waals surface area contributed by atoms with Crippen molar-refractivity contribution in [2.45, 2.75) is 38.3 Å². The van der Waals surface area contributed by atoms with Crippen LogP contribution in [0.2, 0.25) is 5.02 Å². The molecule has 0 aromatic heterocycles. The number of sulfonamides is 1. The Labute approximate surface area is 229 Å². The third-order valence-electron chi connectivity index (χ3n) is 6.32. The number of anilines is 1. The number of amides is 2. The normalized spacial score (nSPS) is 11.9. The van der Waals surface area contributed by atoms with Crippen molar-refractivity contribution in [3.05, 3.63) is 88.4 Å². The van der Waals surface area contributed by atoms with Crippen LogP contribution in [0.25, 0.3) is 0 Å². The molecule has 2 amide bonds. The van der Waals surface area contributed by atoms with Gasteiger partial charge in [0.2, 0.25) is 11.8 Å². The highest BCUT2D eigenvalue weighted by atomic mass is 35.5. The highest BCUT2D eigenvalue weighted by Crippen LogP contribution is 2.31. The maximum absolute atomic E-state index is 13.9. The molecule has 3 aromatic rings. The maximum atomic E-state index is 13.9. The minimum absolute atomic E-state index is 0.0383. The zero-order valence-electron chi connectivity index (χ0n) is 22.1. The maximum Gasteiger partial charge on any atom is 0.264 e. The first-order valence-electron chi connectivity index (χ1n) is 12.0. The number of rotatable bonds is 10. The third-order valence-corrected chi connectivity index (χ3v) is 8.50. The van der Waals surface area contributed by atoms with Crippen LogP contribution < -0.4 is 14.4 Å². The number of methoxy groups -OCH3 is 1. The summed E-state index contributed by atoms with van der Waals surface area (Å²) in [6, 6.07) is 17.5. The van der Waals surface area contributed by atoms with E-state index in [1.807, 2.05) is 6.92 Å². The van der Waals surface area contributed by atoms with E-state index >= 15 is 0 Å². The predicted molar refractivity (Wildman–Crippen MR) is 149 cm³/mol. The van der Waals surface area contributed by atoms with Crippen molar-refractivity contribution in [2.24, 2.45) is 0 Å². The van der Waals surface area contributed by atoms with Crippen molar-refractivity contribution in [1.82, 2.24) is 10.2 Å². The Hall–Kier alpha value is -3.56. The SMILES string of the molecule is CNC(=O)[C@H](C)N(Cc1ccc(OC)cc1)C(=O)CN(c1cccc(Cl)c1C)S(=O)(=O)c1ccc(C)cc1. The van der Waals surface area contributed by atoms with Gasteiger partial charge in [-0.2, -0.15) is 0 Å². The summed E-state index contributed by atoms with van der Waals surface area (Å²) in [5.74, 6) is -0.275. The molecule has 8 nitrogen and oxygen atoms in total. The van der Waals surface area contributed by atoms with E-state index in [9.17, 15) is 18.0 Å². The molecule has 1 N–H and O–H groups in total. The largest absolute Gasteiger partial charge is 0.497 e. The van der Waals surface area contributed by atoms with Gasteiger partial charge in [0.15, 0.2) is 0 Å². The van der Waals surface area contributed by atoms with Crippen molar-refractivity contribution < 1.29 is 22.7 Å². The molecule has 202 valence electrons. The molecule has 0 saturated heterocycles. The van der Waals surface area contributed by atoms with Gasteiger partial charge in [-0.3, -0.25) is 13.9 Å². The minimum atomic E-state index is -4.16. The summed E-state index contributed by atoms with van der Waals surface area (Å²) in [6.45, 7) is 4.71. The number of hydrogen-bond donors (Lipinski definition) is 1. The number of nitrogens with one attached hydrogen (secondary N) is 1. The van der Waals surface area contributed by atoms with Crippen molar-refractivity contribution in [2.75, 3.05) is 25.0 Å². The topological polar surface area (TPSA) is 96.0 Å². The zero-order valence-corrected chi connectivity index (χ0v) is 23.6. The Kier molecular flexibility index (Phi) is 9.40. The van der Waals surface area contributed by atoms with Crippen LogP contribution in [0.5, 0.6) is 5.75 Å². The van der Waals surface area contributed by atoms with Gasteiger partial charge >= 0.3 is 0 Å². The second-order valence-electron chi connectivity index (χ2n) is 8.87. The van der Waals surface area contributed by atoms with Gasteiger partial charge in [-0.1, -0.05) is 47.5 Å². The molecule has 0 aliphatic carbocycles. The van der Waals surface area contributed by atoms with Gasteiger partial charge < -0.3 is 15.0 Å². The van der Waals surface area contributed by atoms with Crippen molar-refractivity contribution in [3.63, 3.8) is 0 Å². The fraction of sp³-hybridized carbons (Fsp3) is 0.286. The Morgan fingerprint density at radius 3 is 2.21 bits per heavy atom. The fourth-order valence-electron chi connectivity index (χ4n) is 3.94. The summed E-state index contributed by atoms with van der Waals surface area (Å²) in [4.78, 5) is 27.8. The van der Waals surface area contributed by atoms with Gasteiger partial charge in [0.25, 0.3) is 10.0 Å². The molecule has 0 saturated carbocycles. The number of ether oxygens (including phenoxy) is 1. The minimum Gasteiger partial charge on any atom is -0.497 e. The van der Waals surface area contributed by atoms with Crippen LogP contribution >= 0.6 is 11.6 Å². The van der Waals surface area contributed by atoms with Gasteiger partial charge in [-0.25, -0.2) is 8.42 Å². The van der Waals surface area contributed by atoms with E-state index in [0.29, 0.717) is 16.3 Å². The van der Waals surface area contributed by atoms with E-state index in [1.54, 1.807) is 75.6 Å². The van der Waals surface area contributed by atoms with Crippen LogP contribution in [0.4, 0.5) is 5.69 Å². The van der Waals surface area contributed by atoms with E-state index < -0.39 is 28.5 Å². The summed E-state index contributed by atoms with van der Waals surface area (Å²) in [5, 5.41) is 2.93. The summed E-state index contributed by atoms with van der Waals surface area (Å²) < 4.78 is 34.0. The standard InChI is InChI=1S/C28H32ClN3O5S/c1-19-9-15-24(16-10-19)38(35,36)32(26-8-6-7-25(29)20(26)2)18-27(33)31(21(3)28(34)30-4)17-22-11-13-23(37-5)14-12-22/h6-16,21H,17-18H2,1-5H3,(H,30,34)/t21-/m0/s1. The molecule has 10 heteroatoms. The first-order chi connectivity index (χ1) is 18.0. The Morgan fingerprint density at radius 2 is 1.63 bits per heavy atom. The molecule has 38 heavy (non-hydrogen) atoms. The number of halogens is 1. The van der Waals surface area contributed by atoms with Gasteiger partial charge in [-0.15, -0.1) is 0 Å². The lowest BCUT2D eigenvalue weighted by Gasteiger charge is -2.32. The van der Waals surface area contributed by atoms with Gasteiger partial charge in [0.05, 0.1) is 17.7 Å². The Bertz CT molecular complexity index is 1390. The van der Waals surface area contributed by atoms with E-state index in [4.69, 9.17) is 16.3 Å². The van der Waals surface area contributed by atoms with Gasteiger partial charge in [0, 0.05) is 18.6 Å². The molecule has 0 aliphatic rings. The number of carbonyl (C=O) groups is 2. The lowest BCUT2D eigenvalue weighted by molar-refractivity contribution is -0.139. The number of aryl methyl sites for hydroxylation is 1. The summed E-state index contributed by atoms with van der Waals surface area (Å²) in [5.41, 5.74) is 2.44. The van der Waals surface area contributed by atoms with E-state index in [2.05, 4.69) is 5.32 Å². The van der Waals surface area contributed by atoms with Gasteiger partial charge in [0.1, 0.15) is 18.3 Å². The molecule has 3 aromatic carbocycles. The molecule has 0 fully saturated rings. The Balaban J connectivity index is 2.06. The number of carbonyl (C=O) groups excluding carboxylic acids is 2. The quantitative estimate of drug-likeness (QED) is 0.400. The molecular formula is C28H32ClN3O5S. The van der Waals surface area contributed by atoms with Crippen LogP contribution in [0, 0.1) is 13.8 Å². The predicted octanol–water partition coefficient (Wildman–Crippen LogP) is 4.32. The summed E-state index contributed by atoms with van der Waals surface area (Å²) >= 11 is 6.34. The average Bonchev–Trinajstić information content (AvgIpc) is 2.91. The molecule has 3 rings (SSSR count). The van der Waals surface area contributed by atoms with Crippen LogP contribution in [0.3, 0.4) is 0 Å². The lowest BCUT2D eigenvalue weighted by atomic mass is 10.1. The van der Waals surface area contributed by atoms with Crippen molar-refractivity contribution >= 4 is 39.1 Å². The van der Waals surface area contributed by atoms with Crippen molar-refractivity contribution in [1.29, 1.82) is 0 Å².